The van der Waals surface area contributed by atoms with Gasteiger partial charge in [-0.15, -0.1) is 0 Å². The topological polar surface area (TPSA) is 26.0 Å². The molecule has 3 atom stereocenters. The van der Waals surface area contributed by atoms with Gasteiger partial charge in [-0.25, -0.2) is 0 Å². The van der Waals surface area contributed by atoms with Gasteiger partial charge in [-0.1, -0.05) is 24.6 Å². The fourth-order valence-electron chi connectivity index (χ4n) is 3.94. The van der Waals surface area contributed by atoms with Gasteiger partial charge >= 0.3 is 6.18 Å². The lowest BCUT2D eigenvalue weighted by molar-refractivity contribution is -0.137. The zero-order valence-corrected chi connectivity index (χ0v) is 10.7. The van der Waals surface area contributed by atoms with E-state index in [1.54, 1.807) is 6.07 Å². The first-order chi connectivity index (χ1) is 8.87. The second-order valence-electron chi connectivity index (χ2n) is 6.19. The highest BCUT2D eigenvalue weighted by Gasteiger charge is 2.48. The molecule has 2 bridgehead atoms. The highest BCUT2D eigenvalue weighted by Crippen LogP contribution is 2.50. The van der Waals surface area contributed by atoms with E-state index in [0.717, 1.165) is 25.3 Å². The van der Waals surface area contributed by atoms with Crippen LogP contribution in [0.15, 0.2) is 24.3 Å². The Balaban J connectivity index is 1.80. The van der Waals surface area contributed by atoms with Crippen molar-refractivity contribution in [3.8, 4) is 0 Å². The van der Waals surface area contributed by atoms with Crippen LogP contribution in [0.2, 0.25) is 0 Å². The number of nitrogens with two attached hydrogens (primary N) is 1. The van der Waals surface area contributed by atoms with Crippen molar-refractivity contribution in [2.24, 2.45) is 17.6 Å². The van der Waals surface area contributed by atoms with Gasteiger partial charge in [-0.2, -0.15) is 13.2 Å². The minimum absolute atomic E-state index is 0.285. The SMILES string of the molecule is NC1(Cc2cccc(C(F)(F)F)c2)CC2CCC1C2. The Hall–Kier alpha value is -1.03. The summed E-state index contributed by atoms with van der Waals surface area (Å²) >= 11 is 0. The largest absolute Gasteiger partial charge is 0.416 e. The molecule has 19 heavy (non-hydrogen) atoms. The van der Waals surface area contributed by atoms with Gasteiger partial charge in [0.05, 0.1) is 5.56 Å². The van der Waals surface area contributed by atoms with Crippen molar-refractivity contribution >= 4 is 0 Å². The van der Waals surface area contributed by atoms with Crippen molar-refractivity contribution < 1.29 is 13.2 Å². The summed E-state index contributed by atoms with van der Waals surface area (Å²) in [5.74, 6) is 1.19. The maximum Gasteiger partial charge on any atom is 0.416 e. The number of hydrogen-bond acceptors (Lipinski definition) is 1. The van der Waals surface area contributed by atoms with Gasteiger partial charge in [-0.3, -0.25) is 0 Å². The van der Waals surface area contributed by atoms with Crippen LogP contribution in [0, 0.1) is 11.8 Å². The van der Waals surface area contributed by atoms with E-state index in [1.807, 2.05) is 0 Å². The summed E-state index contributed by atoms with van der Waals surface area (Å²) in [6, 6.07) is 5.61. The average molecular weight is 269 g/mol. The first-order valence-electron chi connectivity index (χ1n) is 6.82. The average Bonchev–Trinajstić information content (AvgIpc) is 2.87. The minimum atomic E-state index is -4.27. The lowest BCUT2D eigenvalue weighted by Crippen LogP contribution is -2.46. The highest BCUT2D eigenvalue weighted by molar-refractivity contribution is 5.28. The maximum absolute atomic E-state index is 12.7. The molecule has 1 aromatic rings. The molecule has 4 heteroatoms. The lowest BCUT2D eigenvalue weighted by atomic mass is 9.77. The van der Waals surface area contributed by atoms with Gasteiger partial charge in [0.1, 0.15) is 0 Å². The highest BCUT2D eigenvalue weighted by atomic mass is 19.4. The van der Waals surface area contributed by atoms with Gasteiger partial charge in [0, 0.05) is 5.54 Å². The Kier molecular flexibility index (Phi) is 2.89. The molecule has 0 heterocycles. The summed E-state index contributed by atoms with van der Waals surface area (Å²) in [6.07, 6.45) is 0.806. The van der Waals surface area contributed by atoms with Crippen LogP contribution in [-0.4, -0.2) is 5.54 Å². The molecule has 2 saturated carbocycles. The molecule has 2 fully saturated rings. The quantitative estimate of drug-likeness (QED) is 0.869. The molecular formula is C15H18F3N. The summed E-state index contributed by atoms with van der Waals surface area (Å²) in [4.78, 5) is 0. The molecule has 0 amide bonds. The van der Waals surface area contributed by atoms with E-state index in [-0.39, 0.29) is 5.54 Å². The summed E-state index contributed by atoms with van der Waals surface area (Å²) < 4.78 is 38.1. The van der Waals surface area contributed by atoms with Crippen LogP contribution < -0.4 is 5.73 Å². The summed E-state index contributed by atoms with van der Waals surface area (Å²) in [7, 11) is 0. The predicted octanol–water partition coefficient (Wildman–Crippen LogP) is 3.77. The van der Waals surface area contributed by atoms with Crippen LogP contribution in [0.25, 0.3) is 0 Å². The van der Waals surface area contributed by atoms with Crippen molar-refractivity contribution in [3.05, 3.63) is 35.4 Å². The third kappa shape index (κ3) is 2.38. The number of fused-ring (bicyclic) bond motifs is 2. The summed E-state index contributed by atoms with van der Waals surface area (Å²) in [6.45, 7) is 0. The number of halogens is 3. The molecular weight excluding hydrogens is 251 g/mol. The van der Waals surface area contributed by atoms with Crippen LogP contribution in [0.1, 0.15) is 36.8 Å². The maximum atomic E-state index is 12.7. The molecule has 104 valence electrons. The van der Waals surface area contributed by atoms with Crippen LogP contribution in [0.4, 0.5) is 13.2 Å². The molecule has 0 aromatic heterocycles. The van der Waals surface area contributed by atoms with E-state index in [2.05, 4.69) is 0 Å². The number of rotatable bonds is 2. The zero-order valence-electron chi connectivity index (χ0n) is 10.7. The van der Waals surface area contributed by atoms with E-state index in [1.165, 1.54) is 18.6 Å². The third-order valence-electron chi connectivity index (χ3n) is 4.81. The minimum Gasteiger partial charge on any atom is -0.325 e. The van der Waals surface area contributed by atoms with Gasteiger partial charge < -0.3 is 5.73 Å². The van der Waals surface area contributed by atoms with Crippen molar-refractivity contribution in [2.75, 3.05) is 0 Å². The number of alkyl halides is 3. The van der Waals surface area contributed by atoms with Crippen molar-refractivity contribution in [3.63, 3.8) is 0 Å². The van der Waals surface area contributed by atoms with Gasteiger partial charge in [-0.05, 0) is 49.1 Å². The van der Waals surface area contributed by atoms with Crippen molar-refractivity contribution in [1.82, 2.24) is 0 Å². The Morgan fingerprint density at radius 2 is 2.05 bits per heavy atom. The smallest absolute Gasteiger partial charge is 0.325 e. The predicted molar refractivity (Wildman–Crippen MR) is 67.5 cm³/mol. The second kappa shape index (κ2) is 4.23. The van der Waals surface area contributed by atoms with Gasteiger partial charge in [0.2, 0.25) is 0 Å². The van der Waals surface area contributed by atoms with Crippen LogP contribution in [0.5, 0.6) is 0 Å². The van der Waals surface area contributed by atoms with E-state index in [9.17, 15) is 13.2 Å². The molecule has 2 aliphatic rings. The Morgan fingerprint density at radius 1 is 1.26 bits per heavy atom. The Morgan fingerprint density at radius 3 is 2.63 bits per heavy atom. The van der Waals surface area contributed by atoms with Crippen molar-refractivity contribution in [1.29, 1.82) is 0 Å². The van der Waals surface area contributed by atoms with E-state index in [4.69, 9.17) is 5.73 Å². The molecule has 2 aliphatic carbocycles. The monoisotopic (exact) mass is 269 g/mol. The molecule has 0 saturated heterocycles. The summed E-state index contributed by atoms with van der Waals surface area (Å²) in [5.41, 5.74) is 6.31. The molecule has 1 aromatic carbocycles. The Bertz CT molecular complexity index is 483. The van der Waals surface area contributed by atoms with E-state index in [0.29, 0.717) is 23.8 Å². The molecule has 1 nitrogen and oxygen atoms in total. The fourth-order valence-corrected chi connectivity index (χ4v) is 3.94. The fraction of sp³-hybridized carbons (Fsp3) is 0.600. The third-order valence-corrected chi connectivity index (χ3v) is 4.81. The molecule has 3 unspecified atom stereocenters. The van der Waals surface area contributed by atoms with E-state index < -0.39 is 11.7 Å². The van der Waals surface area contributed by atoms with Crippen LogP contribution in [0.3, 0.4) is 0 Å². The number of hydrogen-bond donors (Lipinski definition) is 1. The Labute approximate surface area is 111 Å². The molecule has 3 rings (SSSR count). The standard InChI is InChI=1S/C15H18F3N/c16-15(17,18)13-3-1-2-10(7-13)8-14(19)9-11-4-5-12(14)6-11/h1-3,7,11-12H,4-6,8-9,19H2. The van der Waals surface area contributed by atoms with Crippen LogP contribution >= 0.6 is 0 Å². The van der Waals surface area contributed by atoms with Crippen LogP contribution in [-0.2, 0) is 12.6 Å². The number of benzene rings is 1. The molecule has 0 aliphatic heterocycles. The second-order valence-corrected chi connectivity index (χ2v) is 6.19. The lowest BCUT2D eigenvalue weighted by Gasteiger charge is -2.34. The van der Waals surface area contributed by atoms with Gasteiger partial charge in [0.25, 0.3) is 0 Å². The van der Waals surface area contributed by atoms with Crippen molar-refractivity contribution in [2.45, 2.75) is 43.8 Å². The van der Waals surface area contributed by atoms with E-state index >= 15 is 0 Å². The van der Waals surface area contributed by atoms with Gasteiger partial charge in [0.15, 0.2) is 0 Å². The molecule has 0 spiro atoms. The summed E-state index contributed by atoms with van der Waals surface area (Å²) in [5, 5.41) is 0. The molecule has 2 N–H and O–H groups in total. The molecule has 0 radical (unpaired) electrons. The first-order valence-corrected chi connectivity index (χ1v) is 6.82. The normalized spacial score (nSPS) is 33.9. The zero-order chi connectivity index (χ0) is 13.7. The first kappa shape index (κ1) is 13.0.